The highest BCUT2D eigenvalue weighted by Gasteiger charge is 2.43. The lowest BCUT2D eigenvalue weighted by molar-refractivity contribution is 0.284. The van der Waals surface area contributed by atoms with Crippen LogP contribution in [-0.2, 0) is 11.1 Å². The highest BCUT2D eigenvalue weighted by Crippen LogP contribution is 2.72. The topological polar surface area (TPSA) is 18.5 Å². The molecule has 0 radical (unpaired) electrons. The zero-order chi connectivity index (χ0) is 8.60. The third-order valence-electron chi connectivity index (χ3n) is 1.56. The summed E-state index contributed by atoms with van der Waals surface area (Å²) in [4.78, 5) is 0. The summed E-state index contributed by atoms with van der Waals surface area (Å²) in [6.45, 7) is 0.483. The van der Waals surface area contributed by atoms with Gasteiger partial charge in [-0.15, -0.1) is 0 Å². The fraction of sp³-hybridized carbons (Fsp3) is 0.143. The molecule has 1 unspecified atom stereocenters. The van der Waals surface area contributed by atoms with Crippen molar-refractivity contribution in [2.45, 2.75) is 6.61 Å². The van der Waals surface area contributed by atoms with Gasteiger partial charge in [-0.2, -0.15) is 4.52 Å². The Kier molecular flexibility index (Phi) is 2.21. The van der Waals surface area contributed by atoms with Gasteiger partial charge in [0.05, 0.1) is 12.2 Å². The van der Waals surface area contributed by atoms with E-state index in [-0.39, 0.29) is 0 Å². The van der Waals surface area contributed by atoms with Gasteiger partial charge in [-0.1, -0.05) is 18.2 Å². The summed E-state index contributed by atoms with van der Waals surface area (Å²) < 4.78 is 10.5. The molecule has 64 valence electrons. The van der Waals surface area contributed by atoms with Gasteiger partial charge < -0.3 is 0 Å². The second-order valence-corrected chi connectivity index (χ2v) is 7.39. The second-order valence-electron chi connectivity index (χ2n) is 2.42. The molecule has 1 heterocycles. The molecule has 2 rings (SSSR count). The van der Waals surface area contributed by atoms with Crippen LogP contribution in [0, 0.1) is 0 Å². The van der Waals surface area contributed by atoms with E-state index in [2.05, 4.69) is 12.2 Å². The van der Waals surface area contributed by atoms with Crippen LogP contribution in [0.4, 0.5) is 0 Å². The van der Waals surface area contributed by atoms with E-state index in [9.17, 15) is 0 Å². The number of rotatable bonds is 0. The molecule has 0 saturated carbocycles. The van der Waals surface area contributed by atoms with Crippen LogP contribution in [0.3, 0.4) is 0 Å². The van der Waals surface area contributed by atoms with E-state index in [0.717, 1.165) is 11.3 Å². The van der Waals surface area contributed by atoms with Gasteiger partial charge in [0.2, 0.25) is 0 Å². The van der Waals surface area contributed by atoms with Crippen LogP contribution >= 0.6 is 29.8 Å². The fourth-order valence-corrected chi connectivity index (χ4v) is 2.59. The first-order valence-electron chi connectivity index (χ1n) is 3.41. The van der Waals surface area contributed by atoms with E-state index in [0.29, 0.717) is 6.61 Å². The van der Waals surface area contributed by atoms with Crippen LogP contribution in [0.5, 0.6) is 5.75 Å². The maximum atomic E-state index is 5.83. The van der Waals surface area contributed by atoms with E-state index in [1.807, 2.05) is 24.3 Å². The second kappa shape index (κ2) is 3.08. The SMILES string of the molecule is S[P+]1(Cl)OCc2ccccc2O1. The van der Waals surface area contributed by atoms with Crippen LogP contribution < -0.4 is 4.52 Å². The fourth-order valence-electron chi connectivity index (χ4n) is 1.01. The molecule has 1 aromatic rings. The molecule has 5 heteroatoms. The van der Waals surface area contributed by atoms with Crippen LogP contribution in [0.15, 0.2) is 24.3 Å². The molecule has 2 nitrogen and oxygen atoms in total. The first-order valence-corrected chi connectivity index (χ1v) is 7.09. The number of para-hydroxylation sites is 1. The third-order valence-corrected chi connectivity index (χ3v) is 3.52. The Morgan fingerprint density at radius 1 is 1.42 bits per heavy atom. The normalized spacial score (nSPS) is 27.5. The van der Waals surface area contributed by atoms with Gasteiger partial charge in [0.15, 0.2) is 17.0 Å². The lowest BCUT2D eigenvalue weighted by atomic mass is 10.2. The molecule has 0 spiro atoms. The van der Waals surface area contributed by atoms with E-state index >= 15 is 0 Å². The van der Waals surface area contributed by atoms with Gasteiger partial charge in [0, 0.05) is 5.56 Å². The molecule has 0 amide bonds. The zero-order valence-electron chi connectivity index (χ0n) is 6.11. The average Bonchev–Trinajstić information content (AvgIpc) is 2.02. The number of thiol groups is 1. The average molecular weight is 222 g/mol. The molecule has 0 bridgehead atoms. The van der Waals surface area contributed by atoms with Crippen LogP contribution in [0.1, 0.15) is 5.56 Å². The molecule has 0 fully saturated rings. The van der Waals surface area contributed by atoms with Crippen LogP contribution in [0.25, 0.3) is 0 Å². The number of halogens is 1. The molecule has 0 saturated heterocycles. The number of hydrogen-bond donors (Lipinski definition) is 1. The molecule has 12 heavy (non-hydrogen) atoms. The van der Waals surface area contributed by atoms with E-state index < -0.39 is 6.27 Å². The summed E-state index contributed by atoms with van der Waals surface area (Å²) in [7, 11) is 0. The van der Waals surface area contributed by atoms with Crippen LogP contribution in [-0.4, -0.2) is 0 Å². The lowest BCUT2D eigenvalue weighted by Gasteiger charge is -2.18. The van der Waals surface area contributed by atoms with Gasteiger partial charge in [0.1, 0.15) is 6.61 Å². The van der Waals surface area contributed by atoms with Gasteiger partial charge in [0.25, 0.3) is 0 Å². The summed E-state index contributed by atoms with van der Waals surface area (Å²) in [6.07, 6.45) is -2.40. The predicted octanol–water partition coefficient (Wildman–Crippen LogP) is 3.44. The Hall–Kier alpha value is 0.0500. The molecule has 0 N–H and O–H groups in total. The Balaban J connectivity index is 2.35. The first kappa shape index (κ1) is 8.64. The first-order chi connectivity index (χ1) is 5.67. The van der Waals surface area contributed by atoms with Gasteiger partial charge >= 0.3 is 6.27 Å². The minimum atomic E-state index is -2.40. The minimum Gasteiger partial charge on any atom is -0.287 e. The Morgan fingerprint density at radius 2 is 2.17 bits per heavy atom. The summed E-state index contributed by atoms with van der Waals surface area (Å²) in [5.41, 5.74) is 1.02. The Labute approximate surface area is 81.3 Å². The van der Waals surface area contributed by atoms with Crippen molar-refractivity contribution in [1.82, 2.24) is 0 Å². The van der Waals surface area contributed by atoms with Crippen molar-refractivity contribution < 1.29 is 9.05 Å². The van der Waals surface area contributed by atoms with Crippen molar-refractivity contribution in [3.63, 3.8) is 0 Å². The summed E-state index contributed by atoms with van der Waals surface area (Å²) in [6, 6.07) is 7.64. The van der Waals surface area contributed by atoms with E-state index in [1.54, 1.807) is 0 Å². The maximum Gasteiger partial charge on any atom is 0.478 e. The minimum absolute atomic E-state index is 0.483. The monoisotopic (exact) mass is 221 g/mol. The Morgan fingerprint density at radius 3 is 3.00 bits per heavy atom. The van der Waals surface area contributed by atoms with Crippen molar-refractivity contribution in [2.24, 2.45) is 0 Å². The van der Waals surface area contributed by atoms with Crippen molar-refractivity contribution in [2.75, 3.05) is 0 Å². The van der Waals surface area contributed by atoms with Crippen molar-refractivity contribution >= 4 is 29.8 Å². The number of hydrogen-bond acceptors (Lipinski definition) is 3. The summed E-state index contributed by atoms with van der Waals surface area (Å²) in [5.74, 6) is 0.780. The largest absolute Gasteiger partial charge is 0.478 e. The molecule has 1 aliphatic rings. The van der Waals surface area contributed by atoms with Crippen molar-refractivity contribution in [3.05, 3.63) is 29.8 Å². The van der Waals surface area contributed by atoms with Crippen molar-refractivity contribution in [1.29, 1.82) is 0 Å². The molecule has 1 aromatic carbocycles. The van der Waals surface area contributed by atoms with Crippen molar-refractivity contribution in [3.8, 4) is 5.75 Å². The lowest BCUT2D eigenvalue weighted by Crippen LogP contribution is -2.04. The maximum absolute atomic E-state index is 5.83. The summed E-state index contributed by atoms with van der Waals surface area (Å²) in [5, 5.41) is 0. The molecular weight excluding hydrogens is 215 g/mol. The molecule has 0 aliphatic carbocycles. The quantitative estimate of drug-likeness (QED) is 0.534. The number of fused-ring (bicyclic) bond motifs is 1. The predicted molar refractivity (Wildman–Crippen MR) is 53.6 cm³/mol. The highest BCUT2D eigenvalue weighted by atomic mass is 35.7. The Bertz CT molecular complexity index is 305. The standard InChI is InChI=1S/C7H7ClO2PS/c8-11(12)9-5-6-3-1-2-4-7(6)10-11/h1-4,12H,5H2/q+1. The van der Waals surface area contributed by atoms with Gasteiger partial charge in [-0.3, -0.25) is 4.52 Å². The molecule has 0 aromatic heterocycles. The van der Waals surface area contributed by atoms with E-state index in [1.165, 1.54) is 0 Å². The van der Waals surface area contributed by atoms with Gasteiger partial charge in [-0.05, 0) is 6.07 Å². The molecule has 1 aliphatic heterocycles. The van der Waals surface area contributed by atoms with E-state index in [4.69, 9.17) is 20.3 Å². The number of benzene rings is 1. The zero-order valence-corrected chi connectivity index (χ0v) is 8.65. The van der Waals surface area contributed by atoms with Gasteiger partial charge in [-0.25, -0.2) is 0 Å². The highest BCUT2D eigenvalue weighted by molar-refractivity contribution is 8.58. The smallest absolute Gasteiger partial charge is 0.287 e. The summed E-state index contributed by atoms with van der Waals surface area (Å²) >= 11 is 9.91. The third kappa shape index (κ3) is 1.69. The molecule has 1 atom stereocenters. The molecular formula is C7H7ClO2PS+. The van der Waals surface area contributed by atoms with Crippen LogP contribution in [0.2, 0.25) is 0 Å².